The van der Waals surface area contributed by atoms with Crippen molar-refractivity contribution in [2.45, 2.75) is 13.5 Å². The second-order valence-corrected chi connectivity index (χ2v) is 4.65. The fraction of sp³-hybridized carbons (Fsp3) is 0.375. The van der Waals surface area contributed by atoms with Crippen LogP contribution in [0.1, 0.15) is 12.5 Å². The molecule has 1 aromatic carbocycles. The van der Waals surface area contributed by atoms with E-state index in [4.69, 9.17) is 9.84 Å². The van der Waals surface area contributed by atoms with Crippen molar-refractivity contribution in [3.8, 4) is 5.75 Å². The minimum absolute atomic E-state index is 0.159. The van der Waals surface area contributed by atoms with Gasteiger partial charge in [0.1, 0.15) is 5.75 Å². The Kier molecular flexibility index (Phi) is 7.12. The van der Waals surface area contributed by atoms with E-state index in [-0.39, 0.29) is 24.6 Å². The SMILES string of the molecule is COC(=O)/C=C(\C)C(=O)N(CCO)Cc1ccc(OC)cc1. The highest BCUT2D eigenvalue weighted by molar-refractivity contribution is 5.98. The summed E-state index contributed by atoms with van der Waals surface area (Å²) in [5, 5.41) is 9.13. The molecule has 120 valence electrons. The van der Waals surface area contributed by atoms with E-state index in [0.717, 1.165) is 17.4 Å². The molecular weight excluding hydrogens is 286 g/mol. The third-order valence-electron chi connectivity index (χ3n) is 3.06. The Morgan fingerprint density at radius 2 is 1.86 bits per heavy atom. The van der Waals surface area contributed by atoms with Gasteiger partial charge in [-0.2, -0.15) is 0 Å². The first-order chi connectivity index (χ1) is 10.5. The third-order valence-corrected chi connectivity index (χ3v) is 3.06. The molecule has 1 amide bonds. The molecule has 6 heteroatoms. The Balaban J connectivity index is 2.85. The van der Waals surface area contributed by atoms with E-state index >= 15 is 0 Å². The van der Waals surface area contributed by atoms with Crippen molar-refractivity contribution in [3.63, 3.8) is 0 Å². The average Bonchev–Trinajstić information content (AvgIpc) is 2.54. The number of aliphatic hydroxyl groups is 1. The maximum absolute atomic E-state index is 12.3. The van der Waals surface area contributed by atoms with Gasteiger partial charge in [0, 0.05) is 24.7 Å². The van der Waals surface area contributed by atoms with Crippen molar-refractivity contribution in [1.29, 1.82) is 0 Å². The average molecular weight is 307 g/mol. The van der Waals surface area contributed by atoms with E-state index in [9.17, 15) is 9.59 Å². The van der Waals surface area contributed by atoms with Gasteiger partial charge >= 0.3 is 5.97 Å². The molecular formula is C16H21NO5. The highest BCUT2D eigenvalue weighted by Gasteiger charge is 2.16. The lowest BCUT2D eigenvalue weighted by atomic mass is 10.1. The zero-order valence-corrected chi connectivity index (χ0v) is 13.0. The number of benzene rings is 1. The summed E-state index contributed by atoms with van der Waals surface area (Å²) in [6.07, 6.45) is 1.14. The molecule has 0 aliphatic heterocycles. The number of aliphatic hydroxyl groups excluding tert-OH is 1. The van der Waals surface area contributed by atoms with Gasteiger partial charge in [-0.3, -0.25) is 4.79 Å². The molecule has 0 atom stereocenters. The van der Waals surface area contributed by atoms with Gasteiger partial charge in [-0.05, 0) is 24.6 Å². The van der Waals surface area contributed by atoms with E-state index in [0.29, 0.717) is 6.54 Å². The molecule has 6 nitrogen and oxygen atoms in total. The number of esters is 1. The summed E-state index contributed by atoms with van der Waals surface area (Å²) in [6.45, 7) is 1.89. The number of rotatable bonds is 7. The lowest BCUT2D eigenvalue weighted by molar-refractivity contribution is -0.135. The molecule has 0 bridgehead atoms. The molecule has 1 rings (SSSR count). The molecule has 1 N–H and O–H groups in total. The van der Waals surface area contributed by atoms with Crippen LogP contribution in [0.15, 0.2) is 35.9 Å². The first-order valence-corrected chi connectivity index (χ1v) is 6.81. The standard InChI is InChI=1S/C16H21NO5/c1-12(10-15(19)22-3)16(20)17(8-9-18)11-13-4-6-14(21-2)7-5-13/h4-7,10,18H,8-9,11H2,1-3H3/b12-10+. The number of carbonyl (C=O) groups excluding carboxylic acids is 2. The number of amides is 1. The van der Waals surface area contributed by atoms with Gasteiger partial charge in [-0.25, -0.2) is 4.79 Å². The molecule has 0 spiro atoms. The van der Waals surface area contributed by atoms with Crippen LogP contribution in [0.5, 0.6) is 5.75 Å². The van der Waals surface area contributed by atoms with Gasteiger partial charge in [0.05, 0.1) is 20.8 Å². The molecule has 0 saturated heterocycles. The molecule has 0 aliphatic rings. The Hall–Kier alpha value is -2.34. The summed E-state index contributed by atoms with van der Waals surface area (Å²) >= 11 is 0. The van der Waals surface area contributed by atoms with Gasteiger partial charge in [0.2, 0.25) is 5.91 Å². The van der Waals surface area contributed by atoms with Crippen LogP contribution < -0.4 is 4.74 Å². The largest absolute Gasteiger partial charge is 0.497 e. The van der Waals surface area contributed by atoms with Gasteiger partial charge in [0.25, 0.3) is 0 Å². The fourth-order valence-corrected chi connectivity index (χ4v) is 1.87. The number of ether oxygens (including phenoxy) is 2. The second kappa shape index (κ2) is 8.84. The number of methoxy groups -OCH3 is 2. The zero-order valence-electron chi connectivity index (χ0n) is 13.0. The Morgan fingerprint density at radius 3 is 2.36 bits per heavy atom. The Labute approximate surface area is 129 Å². The maximum atomic E-state index is 12.3. The van der Waals surface area contributed by atoms with Crippen molar-refractivity contribution < 1.29 is 24.2 Å². The summed E-state index contributed by atoms with van der Waals surface area (Å²) < 4.78 is 9.59. The predicted molar refractivity (Wildman–Crippen MR) is 81.3 cm³/mol. The maximum Gasteiger partial charge on any atom is 0.330 e. The van der Waals surface area contributed by atoms with E-state index < -0.39 is 5.97 Å². The van der Waals surface area contributed by atoms with E-state index in [1.54, 1.807) is 19.2 Å². The lowest BCUT2D eigenvalue weighted by Gasteiger charge is -2.22. The zero-order chi connectivity index (χ0) is 16.5. The van der Waals surface area contributed by atoms with Crippen LogP contribution in [0, 0.1) is 0 Å². The summed E-state index contributed by atoms with van der Waals surface area (Å²) in [4.78, 5) is 25.0. The van der Waals surface area contributed by atoms with Gasteiger partial charge in [0.15, 0.2) is 0 Å². The fourth-order valence-electron chi connectivity index (χ4n) is 1.87. The first-order valence-electron chi connectivity index (χ1n) is 6.81. The molecule has 0 unspecified atom stereocenters. The normalized spacial score (nSPS) is 11.0. The topological polar surface area (TPSA) is 76.1 Å². The summed E-state index contributed by atoms with van der Waals surface area (Å²) in [5.74, 6) is -0.180. The van der Waals surface area contributed by atoms with Gasteiger partial charge in [-0.15, -0.1) is 0 Å². The summed E-state index contributed by atoms with van der Waals surface area (Å²) in [5.41, 5.74) is 1.15. The second-order valence-electron chi connectivity index (χ2n) is 4.65. The van der Waals surface area contributed by atoms with Crippen molar-refractivity contribution in [3.05, 3.63) is 41.5 Å². The lowest BCUT2D eigenvalue weighted by Crippen LogP contribution is -2.33. The van der Waals surface area contributed by atoms with Crippen LogP contribution in [0.4, 0.5) is 0 Å². The van der Waals surface area contributed by atoms with Crippen molar-refractivity contribution >= 4 is 11.9 Å². The van der Waals surface area contributed by atoms with E-state index in [2.05, 4.69) is 4.74 Å². The van der Waals surface area contributed by atoms with Crippen LogP contribution in [0.25, 0.3) is 0 Å². The Bertz CT molecular complexity index is 536. The number of hydrogen-bond acceptors (Lipinski definition) is 5. The van der Waals surface area contributed by atoms with Crippen molar-refractivity contribution in [1.82, 2.24) is 4.90 Å². The van der Waals surface area contributed by atoms with Crippen LogP contribution in [0.3, 0.4) is 0 Å². The molecule has 0 aromatic heterocycles. The van der Waals surface area contributed by atoms with Crippen LogP contribution in [-0.4, -0.2) is 49.3 Å². The smallest absolute Gasteiger partial charge is 0.330 e. The van der Waals surface area contributed by atoms with Gasteiger partial charge < -0.3 is 19.5 Å². The summed E-state index contributed by atoms with van der Waals surface area (Å²) in [6, 6.07) is 7.29. The number of nitrogens with zero attached hydrogens (tertiary/aromatic N) is 1. The van der Waals surface area contributed by atoms with Gasteiger partial charge in [-0.1, -0.05) is 12.1 Å². The quantitative estimate of drug-likeness (QED) is 0.604. The van der Waals surface area contributed by atoms with Crippen LogP contribution >= 0.6 is 0 Å². The van der Waals surface area contributed by atoms with Crippen LogP contribution in [-0.2, 0) is 20.9 Å². The number of hydrogen-bond donors (Lipinski definition) is 1. The highest BCUT2D eigenvalue weighted by atomic mass is 16.5. The molecule has 1 aromatic rings. The van der Waals surface area contributed by atoms with E-state index in [1.165, 1.54) is 18.9 Å². The summed E-state index contributed by atoms with van der Waals surface area (Å²) in [7, 11) is 2.83. The van der Waals surface area contributed by atoms with E-state index in [1.807, 2.05) is 12.1 Å². The monoisotopic (exact) mass is 307 g/mol. The first kappa shape index (κ1) is 17.7. The molecule has 0 heterocycles. The third kappa shape index (κ3) is 5.21. The molecule has 22 heavy (non-hydrogen) atoms. The molecule has 0 fully saturated rings. The highest BCUT2D eigenvalue weighted by Crippen LogP contribution is 2.14. The van der Waals surface area contributed by atoms with Crippen molar-refractivity contribution in [2.24, 2.45) is 0 Å². The molecule has 0 aliphatic carbocycles. The predicted octanol–water partition coefficient (Wildman–Crippen LogP) is 1.14. The minimum atomic E-state index is -0.584. The van der Waals surface area contributed by atoms with Crippen molar-refractivity contribution in [2.75, 3.05) is 27.4 Å². The number of carbonyl (C=O) groups is 2. The molecule has 0 radical (unpaired) electrons. The van der Waals surface area contributed by atoms with Crippen LogP contribution in [0.2, 0.25) is 0 Å². The minimum Gasteiger partial charge on any atom is -0.497 e. The Morgan fingerprint density at radius 1 is 1.23 bits per heavy atom. The molecule has 0 saturated carbocycles.